The predicted octanol–water partition coefficient (Wildman–Crippen LogP) is -0.918. The molecule has 3 aliphatic heterocycles. The Hall–Kier alpha value is -0.860. The third-order valence-corrected chi connectivity index (χ3v) is 15.5. The molecule has 0 bridgehead atoms. The second-order valence-electron chi connectivity index (χ2n) is 18.3. The first-order valence-corrected chi connectivity index (χ1v) is 20.1. The zero-order chi connectivity index (χ0) is 39.1. The van der Waals surface area contributed by atoms with Crippen molar-refractivity contribution < 1.29 is 74.7 Å². The molecule has 15 heteroatoms. The van der Waals surface area contributed by atoms with Gasteiger partial charge in [0, 0.05) is 24.2 Å². The van der Waals surface area contributed by atoms with Gasteiger partial charge in [-0.15, -0.1) is 0 Å². The van der Waals surface area contributed by atoms with Crippen molar-refractivity contribution in [3.8, 4) is 0 Å². The summed E-state index contributed by atoms with van der Waals surface area (Å²) in [6.07, 6.45) is -9.38. The van der Waals surface area contributed by atoms with E-state index in [9.17, 15) is 51.1 Å². The van der Waals surface area contributed by atoms with E-state index < -0.39 is 97.8 Å². The van der Waals surface area contributed by atoms with Gasteiger partial charge in [-0.3, -0.25) is 0 Å². The lowest BCUT2D eigenvalue weighted by molar-refractivity contribution is -0.330. The molecule has 0 radical (unpaired) electrons. The van der Waals surface area contributed by atoms with E-state index in [1.54, 1.807) is 0 Å². The van der Waals surface area contributed by atoms with Gasteiger partial charge in [-0.25, -0.2) is 0 Å². The maximum Gasteiger partial charge on any atom is 0.186 e. The number of aliphatic hydroxyl groups is 10. The van der Waals surface area contributed by atoms with E-state index in [4.69, 9.17) is 23.7 Å². The molecule has 0 aromatic heterocycles. The SMILES string of the molecule is C=C1C(CC[C@H](C)CO[C@@H]2O[C@H](CO)[C@@H](O)[C@H](O)[C@H]2O)O[C@H]2C[C@H]3[C@@H]4CC[C@]5(O)C[C@@H](O[C@@H]6O[C@H](CO)[C@@H](O)[C@H](O)[C@H]6O)C[C@@H](O)[C@]5(C)[C@H]4CC[C@]3(C)[C@@H]12. The summed E-state index contributed by atoms with van der Waals surface area (Å²) in [5, 5.41) is 105. The molecular formula is C39H64O15. The van der Waals surface area contributed by atoms with Crippen LogP contribution in [0.1, 0.15) is 78.6 Å². The minimum atomic E-state index is -1.58. The summed E-state index contributed by atoms with van der Waals surface area (Å²) in [6.45, 7) is 10.2. The molecule has 22 atom stereocenters. The number of rotatable bonds is 10. The van der Waals surface area contributed by atoms with Crippen LogP contribution in [0.4, 0.5) is 0 Å². The molecule has 0 aromatic rings. The summed E-state index contributed by atoms with van der Waals surface area (Å²) >= 11 is 0. The lowest BCUT2D eigenvalue weighted by atomic mass is 9.42. The number of ether oxygens (including phenoxy) is 5. The minimum absolute atomic E-state index is 0.0321. The second-order valence-corrected chi connectivity index (χ2v) is 18.3. The molecule has 15 nitrogen and oxygen atoms in total. The van der Waals surface area contributed by atoms with Crippen LogP contribution in [0, 0.1) is 40.4 Å². The van der Waals surface area contributed by atoms with Crippen molar-refractivity contribution >= 4 is 0 Å². The zero-order valence-corrected chi connectivity index (χ0v) is 31.7. The Morgan fingerprint density at radius 2 is 1.43 bits per heavy atom. The molecular weight excluding hydrogens is 708 g/mol. The van der Waals surface area contributed by atoms with Crippen LogP contribution >= 0.6 is 0 Å². The van der Waals surface area contributed by atoms with Crippen LogP contribution in [-0.2, 0) is 23.7 Å². The third kappa shape index (κ3) is 6.64. The Kier molecular flexibility index (Phi) is 11.8. The van der Waals surface area contributed by atoms with Gasteiger partial charge in [0.15, 0.2) is 12.6 Å². The number of hydrogen-bond acceptors (Lipinski definition) is 15. The maximum atomic E-state index is 12.4. The normalized spacial score (nSPS) is 55.1. The highest BCUT2D eigenvalue weighted by molar-refractivity contribution is 5.26. The minimum Gasteiger partial charge on any atom is -0.394 e. The van der Waals surface area contributed by atoms with Crippen LogP contribution in [0.2, 0.25) is 0 Å². The van der Waals surface area contributed by atoms with E-state index >= 15 is 0 Å². The molecule has 0 amide bonds. The lowest BCUT2D eigenvalue weighted by Crippen LogP contribution is -2.68. The molecule has 1 unspecified atom stereocenters. The molecule has 4 saturated carbocycles. The van der Waals surface area contributed by atoms with Gasteiger partial charge >= 0.3 is 0 Å². The molecule has 3 heterocycles. The Morgan fingerprint density at radius 3 is 2.07 bits per heavy atom. The maximum absolute atomic E-state index is 12.4. The Balaban J connectivity index is 0.950. The predicted molar refractivity (Wildman–Crippen MR) is 188 cm³/mol. The summed E-state index contributed by atoms with van der Waals surface area (Å²) < 4.78 is 29.7. The summed E-state index contributed by atoms with van der Waals surface area (Å²) in [5.41, 5.74) is -0.940. The standard InChI is InChI=1S/C39H64O15/c1-17(16-50-35-33(47)31(45)29(43)25(14-40)53-35)5-6-23-18(2)28-24(52-23)12-22-20-7-10-39(49)13-19(51-36-34(48)32(46)30(44)26(15-41)54-36)11-27(42)38(39,4)21(20)8-9-37(22,28)3/h17,19-36,40-49H,2,5-16H2,1,3-4H3/t17-,19-,20+,21-,22-,23?,24-,25+,26+,27+,28-,29+,30+,31-,32-,33+,34+,35+,36+,37-,38-,39-/m0/s1. The number of fused-ring (bicyclic) bond motifs is 7. The molecule has 4 aliphatic carbocycles. The molecule has 7 rings (SSSR count). The largest absolute Gasteiger partial charge is 0.394 e. The molecule has 54 heavy (non-hydrogen) atoms. The first-order chi connectivity index (χ1) is 25.5. The fourth-order valence-electron chi connectivity index (χ4n) is 12.3. The molecule has 0 aromatic carbocycles. The van der Waals surface area contributed by atoms with Crippen LogP contribution in [-0.4, -0.2) is 162 Å². The summed E-state index contributed by atoms with van der Waals surface area (Å²) in [7, 11) is 0. The second kappa shape index (κ2) is 15.4. The quantitative estimate of drug-likeness (QED) is 0.0954. The van der Waals surface area contributed by atoms with E-state index in [-0.39, 0.29) is 60.7 Å². The molecule has 7 fully saturated rings. The monoisotopic (exact) mass is 772 g/mol. The zero-order valence-electron chi connectivity index (χ0n) is 31.7. The van der Waals surface area contributed by atoms with Gasteiger partial charge in [-0.05, 0) is 79.6 Å². The highest BCUT2D eigenvalue weighted by Crippen LogP contribution is 2.70. The van der Waals surface area contributed by atoms with Gasteiger partial charge in [-0.2, -0.15) is 0 Å². The van der Waals surface area contributed by atoms with Gasteiger partial charge in [-0.1, -0.05) is 27.4 Å². The molecule has 3 saturated heterocycles. The Morgan fingerprint density at radius 1 is 0.796 bits per heavy atom. The number of hydrogen-bond donors (Lipinski definition) is 10. The average Bonchev–Trinajstić information content (AvgIpc) is 3.62. The summed E-state index contributed by atoms with van der Waals surface area (Å²) in [4.78, 5) is 0. The van der Waals surface area contributed by atoms with E-state index in [0.29, 0.717) is 12.3 Å². The van der Waals surface area contributed by atoms with Crippen molar-refractivity contribution in [3.05, 3.63) is 12.2 Å². The van der Waals surface area contributed by atoms with Crippen molar-refractivity contribution in [3.63, 3.8) is 0 Å². The average molecular weight is 773 g/mol. The third-order valence-electron chi connectivity index (χ3n) is 15.5. The summed E-state index contributed by atoms with van der Waals surface area (Å²) in [6, 6.07) is 0. The Labute approximate surface area is 316 Å². The molecule has 7 aliphatic rings. The fraction of sp³-hybridized carbons (Fsp3) is 0.949. The van der Waals surface area contributed by atoms with Gasteiger partial charge < -0.3 is 74.7 Å². The van der Waals surface area contributed by atoms with Crippen molar-refractivity contribution in [2.75, 3.05) is 19.8 Å². The topological polar surface area (TPSA) is 248 Å². The van der Waals surface area contributed by atoms with E-state index in [1.807, 2.05) is 13.8 Å². The highest BCUT2D eigenvalue weighted by Gasteiger charge is 2.70. The lowest BCUT2D eigenvalue weighted by Gasteiger charge is -2.65. The van der Waals surface area contributed by atoms with Gasteiger partial charge in [0.05, 0.1) is 49.8 Å². The van der Waals surface area contributed by atoms with Crippen molar-refractivity contribution in [2.24, 2.45) is 40.4 Å². The van der Waals surface area contributed by atoms with Crippen LogP contribution < -0.4 is 0 Å². The molecule has 0 spiro atoms. The van der Waals surface area contributed by atoms with E-state index in [0.717, 1.165) is 44.1 Å². The summed E-state index contributed by atoms with van der Waals surface area (Å²) in [5.74, 6) is 0.970. The van der Waals surface area contributed by atoms with Crippen LogP contribution in [0.5, 0.6) is 0 Å². The fourth-order valence-corrected chi connectivity index (χ4v) is 12.3. The van der Waals surface area contributed by atoms with Crippen molar-refractivity contribution in [1.82, 2.24) is 0 Å². The molecule has 10 N–H and O–H groups in total. The first-order valence-electron chi connectivity index (χ1n) is 20.1. The van der Waals surface area contributed by atoms with E-state index in [1.165, 1.54) is 0 Å². The van der Waals surface area contributed by atoms with Crippen LogP contribution in [0.25, 0.3) is 0 Å². The van der Waals surface area contributed by atoms with Crippen LogP contribution in [0.3, 0.4) is 0 Å². The van der Waals surface area contributed by atoms with Gasteiger partial charge in [0.25, 0.3) is 0 Å². The molecule has 310 valence electrons. The number of aliphatic hydroxyl groups excluding tert-OH is 9. The first kappa shape index (κ1) is 41.3. The van der Waals surface area contributed by atoms with Gasteiger partial charge in [0.2, 0.25) is 0 Å². The van der Waals surface area contributed by atoms with E-state index in [2.05, 4.69) is 13.5 Å². The van der Waals surface area contributed by atoms with Gasteiger partial charge in [0.1, 0.15) is 48.8 Å². The van der Waals surface area contributed by atoms with Crippen LogP contribution in [0.15, 0.2) is 12.2 Å². The Bertz CT molecular complexity index is 1330. The van der Waals surface area contributed by atoms with Crippen molar-refractivity contribution in [1.29, 1.82) is 0 Å². The smallest absolute Gasteiger partial charge is 0.186 e. The van der Waals surface area contributed by atoms with Crippen molar-refractivity contribution in [2.45, 2.75) is 170 Å². The highest BCUT2D eigenvalue weighted by atomic mass is 16.7.